The Morgan fingerprint density at radius 2 is 1.31 bits per heavy atom. The lowest BCUT2D eigenvalue weighted by Gasteiger charge is -2.23. The van der Waals surface area contributed by atoms with Gasteiger partial charge in [-0.05, 0) is 40.3 Å². The van der Waals surface area contributed by atoms with E-state index in [1.807, 2.05) is 71.6 Å². The van der Waals surface area contributed by atoms with Gasteiger partial charge in [0.05, 0.1) is 0 Å². The van der Waals surface area contributed by atoms with Gasteiger partial charge in [-0.15, -0.1) is 0 Å². The van der Waals surface area contributed by atoms with Crippen molar-refractivity contribution in [3.63, 3.8) is 0 Å². The van der Waals surface area contributed by atoms with Gasteiger partial charge in [-0.2, -0.15) is 0 Å². The lowest BCUT2D eigenvalue weighted by Crippen LogP contribution is -3.00. The number of hydrogen-bond acceptors (Lipinski definition) is 2. The standard InChI is InChI=1S/C21H15INO2.HI/c22-16-10-8-15(9-11-16)21(14-23-12-4-1-5-13-23)19(24)17-6-2-3-7-18(17)20(21)25;/h1-13H,14H2;1H/q+1;/p-1. The van der Waals surface area contributed by atoms with Crippen LogP contribution in [0.3, 0.4) is 0 Å². The third-order valence-corrected chi connectivity index (χ3v) is 5.44. The topological polar surface area (TPSA) is 38.0 Å². The molecule has 3 nitrogen and oxygen atoms in total. The highest BCUT2D eigenvalue weighted by atomic mass is 127. The summed E-state index contributed by atoms with van der Waals surface area (Å²) in [5.41, 5.74) is 0.570. The molecule has 0 saturated carbocycles. The van der Waals surface area contributed by atoms with Crippen LogP contribution in [0.25, 0.3) is 0 Å². The van der Waals surface area contributed by atoms with Crippen molar-refractivity contribution in [3.8, 4) is 0 Å². The van der Waals surface area contributed by atoms with Crippen LogP contribution in [-0.4, -0.2) is 11.6 Å². The fraction of sp³-hybridized carbons (Fsp3) is 0.0952. The van der Waals surface area contributed by atoms with Crippen molar-refractivity contribution in [3.05, 3.63) is 99.4 Å². The maximum absolute atomic E-state index is 13.4. The molecule has 130 valence electrons. The molecule has 1 aromatic heterocycles. The van der Waals surface area contributed by atoms with Crippen LogP contribution in [0, 0.1) is 3.57 Å². The second-order valence-corrected chi connectivity index (χ2v) is 7.41. The third-order valence-electron chi connectivity index (χ3n) is 4.73. The van der Waals surface area contributed by atoms with E-state index >= 15 is 0 Å². The quantitative estimate of drug-likeness (QED) is 0.265. The molecule has 0 aliphatic heterocycles. The lowest BCUT2D eigenvalue weighted by molar-refractivity contribution is -0.700. The van der Waals surface area contributed by atoms with Gasteiger partial charge in [-0.3, -0.25) is 9.59 Å². The van der Waals surface area contributed by atoms with E-state index in [0.29, 0.717) is 17.7 Å². The molecule has 0 unspecified atom stereocenters. The molecule has 1 heterocycles. The zero-order valence-electron chi connectivity index (χ0n) is 13.7. The molecular formula is C21H15I2NO2. The van der Waals surface area contributed by atoms with Gasteiger partial charge in [-0.25, -0.2) is 4.57 Å². The van der Waals surface area contributed by atoms with E-state index in [4.69, 9.17) is 0 Å². The molecule has 1 aliphatic rings. The molecule has 1 aliphatic carbocycles. The van der Waals surface area contributed by atoms with Crippen LogP contribution < -0.4 is 28.5 Å². The first-order valence-electron chi connectivity index (χ1n) is 8.02. The second-order valence-electron chi connectivity index (χ2n) is 6.16. The molecule has 3 aromatic rings. The van der Waals surface area contributed by atoms with E-state index in [2.05, 4.69) is 22.6 Å². The summed E-state index contributed by atoms with van der Waals surface area (Å²) < 4.78 is 2.97. The number of aromatic nitrogens is 1. The van der Waals surface area contributed by atoms with E-state index in [1.54, 1.807) is 12.1 Å². The number of benzene rings is 2. The van der Waals surface area contributed by atoms with Gasteiger partial charge in [0.2, 0.25) is 0 Å². The molecule has 2 aromatic carbocycles. The van der Waals surface area contributed by atoms with Crippen molar-refractivity contribution in [2.24, 2.45) is 0 Å². The van der Waals surface area contributed by atoms with Crippen LogP contribution in [0.1, 0.15) is 26.3 Å². The molecule has 4 rings (SSSR count). The molecule has 0 bridgehead atoms. The molecule has 0 fully saturated rings. The van der Waals surface area contributed by atoms with Crippen LogP contribution in [0.2, 0.25) is 0 Å². The van der Waals surface area contributed by atoms with E-state index in [-0.39, 0.29) is 35.5 Å². The summed E-state index contributed by atoms with van der Waals surface area (Å²) in [5.74, 6) is -0.240. The third kappa shape index (κ3) is 3.00. The highest BCUT2D eigenvalue weighted by molar-refractivity contribution is 14.1. The number of carbonyl (C=O) groups is 2. The minimum absolute atomic E-state index is 0. The Morgan fingerprint density at radius 3 is 1.85 bits per heavy atom. The number of pyridine rings is 1. The Bertz CT molecular complexity index is 934. The SMILES string of the molecule is O=C1c2ccccc2C(=O)C1(C[n+]1ccccc1)c1ccc(I)cc1.[I-]. The molecule has 0 amide bonds. The zero-order valence-corrected chi connectivity index (χ0v) is 18.0. The summed E-state index contributed by atoms with van der Waals surface area (Å²) in [6.45, 7) is 0.292. The van der Waals surface area contributed by atoms with E-state index < -0.39 is 5.41 Å². The number of halogens is 2. The maximum Gasteiger partial charge on any atom is 0.188 e. The zero-order chi connectivity index (χ0) is 17.4. The first-order chi connectivity index (χ1) is 12.1. The van der Waals surface area contributed by atoms with Gasteiger partial charge in [0.1, 0.15) is 0 Å². The molecular weight excluding hydrogens is 552 g/mol. The van der Waals surface area contributed by atoms with Crippen molar-refractivity contribution in [2.75, 3.05) is 0 Å². The van der Waals surface area contributed by atoms with Crippen LogP contribution in [-0.2, 0) is 12.0 Å². The van der Waals surface area contributed by atoms with Gasteiger partial charge in [0, 0.05) is 26.8 Å². The average Bonchev–Trinajstić information content (AvgIpc) is 2.86. The highest BCUT2D eigenvalue weighted by Crippen LogP contribution is 2.40. The van der Waals surface area contributed by atoms with Gasteiger partial charge < -0.3 is 24.0 Å². The minimum atomic E-state index is -1.21. The van der Waals surface area contributed by atoms with Gasteiger partial charge in [0.15, 0.2) is 35.9 Å². The van der Waals surface area contributed by atoms with Crippen LogP contribution in [0.15, 0.2) is 79.1 Å². The summed E-state index contributed by atoms with van der Waals surface area (Å²) in [6.07, 6.45) is 3.77. The average molecular weight is 567 g/mol. The minimum Gasteiger partial charge on any atom is -1.00 e. The second kappa shape index (κ2) is 7.56. The number of ketones is 2. The summed E-state index contributed by atoms with van der Waals surface area (Å²) in [6, 6.07) is 20.5. The Labute approximate surface area is 182 Å². The van der Waals surface area contributed by atoms with Crippen molar-refractivity contribution in [1.29, 1.82) is 0 Å². The number of hydrogen-bond donors (Lipinski definition) is 0. The first-order valence-corrected chi connectivity index (χ1v) is 9.09. The Hall–Kier alpha value is -1.61. The van der Waals surface area contributed by atoms with Crippen LogP contribution >= 0.6 is 22.6 Å². The normalized spacial score (nSPS) is 14.7. The van der Waals surface area contributed by atoms with Gasteiger partial charge in [0.25, 0.3) is 0 Å². The molecule has 0 radical (unpaired) electrons. The number of nitrogens with zero attached hydrogens (tertiary/aromatic N) is 1. The van der Waals surface area contributed by atoms with E-state index in [1.165, 1.54) is 0 Å². The summed E-state index contributed by atoms with van der Waals surface area (Å²) in [4.78, 5) is 26.8. The Morgan fingerprint density at radius 1 is 0.769 bits per heavy atom. The predicted molar refractivity (Wildman–Crippen MR) is 103 cm³/mol. The molecule has 0 atom stereocenters. The molecule has 0 N–H and O–H groups in total. The largest absolute Gasteiger partial charge is 1.00 e. The Balaban J connectivity index is 0.00000196. The summed E-state index contributed by atoms with van der Waals surface area (Å²) in [7, 11) is 0. The number of carbonyl (C=O) groups excluding carboxylic acids is 2. The molecule has 0 spiro atoms. The van der Waals surface area contributed by atoms with Gasteiger partial charge in [-0.1, -0.05) is 42.5 Å². The van der Waals surface area contributed by atoms with Crippen molar-refractivity contribution < 1.29 is 38.1 Å². The van der Waals surface area contributed by atoms with Crippen molar-refractivity contribution in [2.45, 2.75) is 12.0 Å². The first kappa shape index (κ1) is 19.2. The Kier molecular flexibility index (Phi) is 5.57. The fourth-order valence-corrected chi connectivity index (χ4v) is 3.85. The van der Waals surface area contributed by atoms with Crippen LogP contribution in [0.5, 0.6) is 0 Å². The summed E-state index contributed by atoms with van der Waals surface area (Å²) in [5, 5.41) is 0. The summed E-state index contributed by atoms with van der Waals surface area (Å²) >= 11 is 2.22. The van der Waals surface area contributed by atoms with Crippen molar-refractivity contribution in [1.82, 2.24) is 0 Å². The number of fused-ring (bicyclic) bond motifs is 1. The molecule has 5 heteroatoms. The highest BCUT2D eigenvalue weighted by Gasteiger charge is 2.56. The smallest absolute Gasteiger partial charge is 0.188 e. The van der Waals surface area contributed by atoms with E-state index in [0.717, 1.165) is 9.13 Å². The monoisotopic (exact) mass is 567 g/mol. The van der Waals surface area contributed by atoms with Crippen LogP contribution in [0.4, 0.5) is 0 Å². The molecule has 0 saturated heterocycles. The fourth-order valence-electron chi connectivity index (χ4n) is 3.49. The van der Waals surface area contributed by atoms with Crippen molar-refractivity contribution >= 4 is 34.2 Å². The predicted octanol–water partition coefficient (Wildman–Crippen LogP) is 0.600. The maximum atomic E-state index is 13.4. The number of rotatable bonds is 3. The molecule has 26 heavy (non-hydrogen) atoms. The van der Waals surface area contributed by atoms with Gasteiger partial charge >= 0.3 is 0 Å². The van der Waals surface area contributed by atoms with E-state index in [9.17, 15) is 9.59 Å². The lowest BCUT2D eigenvalue weighted by atomic mass is 9.75. The number of Topliss-reactive ketones (excluding diaryl/α,β-unsaturated/α-hetero) is 2.